The summed E-state index contributed by atoms with van der Waals surface area (Å²) in [5, 5.41) is 14.9. The fourth-order valence-corrected chi connectivity index (χ4v) is 3.33. The SMILES string of the molecule is CCNc1ccc([C@@H](c2cc(CN)n(C)n2)C(C)(C)C)c(C)c1N.O=CO. The summed E-state index contributed by atoms with van der Waals surface area (Å²) < 4.78 is 1.87. The molecule has 1 atom stereocenters. The molecule has 27 heavy (non-hydrogen) atoms. The summed E-state index contributed by atoms with van der Waals surface area (Å²) in [6, 6.07) is 6.37. The highest BCUT2D eigenvalue weighted by Crippen LogP contribution is 2.43. The molecule has 2 aromatic rings. The molecule has 7 heteroatoms. The second kappa shape index (κ2) is 9.41. The lowest BCUT2D eigenvalue weighted by Gasteiger charge is -2.31. The summed E-state index contributed by atoms with van der Waals surface area (Å²) in [5.41, 5.74) is 18.5. The van der Waals surface area contributed by atoms with Gasteiger partial charge in [-0.3, -0.25) is 9.48 Å². The Kier molecular flexibility index (Phi) is 7.84. The van der Waals surface area contributed by atoms with Crippen LogP contribution in [0.4, 0.5) is 11.4 Å². The molecule has 0 unspecified atom stereocenters. The molecule has 150 valence electrons. The van der Waals surface area contributed by atoms with Crippen molar-refractivity contribution >= 4 is 17.8 Å². The number of rotatable bonds is 5. The van der Waals surface area contributed by atoms with Crippen molar-refractivity contribution in [3.63, 3.8) is 0 Å². The highest BCUT2D eigenvalue weighted by Gasteiger charge is 2.32. The van der Waals surface area contributed by atoms with Crippen molar-refractivity contribution in [2.75, 3.05) is 17.6 Å². The molecular formula is C20H33N5O2. The Labute approximate surface area is 161 Å². The van der Waals surface area contributed by atoms with Crippen LogP contribution in [0, 0.1) is 12.3 Å². The molecule has 0 aliphatic rings. The number of aryl methyl sites for hydroxylation is 1. The van der Waals surface area contributed by atoms with Crippen LogP contribution in [-0.4, -0.2) is 27.9 Å². The molecule has 0 fully saturated rings. The molecule has 6 N–H and O–H groups in total. The molecule has 0 saturated carbocycles. The molecule has 2 rings (SSSR count). The van der Waals surface area contributed by atoms with Crippen LogP contribution >= 0.6 is 0 Å². The number of nitrogens with two attached hydrogens (primary N) is 2. The van der Waals surface area contributed by atoms with E-state index in [1.54, 1.807) is 0 Å². The summed E-state index contributed by atoms with van der Waals surface area (Å²) in [4.78, 5) is 8.36. The van der Waals surface area contributed by atoms with Gasteiger partial charge in [-0.05, 0) is 42.5 Å². The smallest absolute Gasteiger partial charge is 0.290 e. The zero-order valence-corrected chi connectivity index (χ0v) is 17.2. The number of nitrogens with zero attached hydrogens (tertiary/aromatic N) is 2. The van der Waals surface area contributed by atoms with Crippen LogP contribution < -0.4 is 16.8 Å². The summed E-state index contributed by atoms with van der Waals surface area (Å²) in [5.74, 6) is 0.155. The third-order valence-electron chi connectivity index (χ3n) is 4.60. The highest BCUT2D eigenvalue weighted by molar-refractivity contribution is 5.72. The monoisotopic (exact) mass is 375 g/mol. The zero-order valence-electron chi connectivity index (χ0n) is 17.2. The molecule has 7 nitrogen and oxygen atoms in total. The number of carbonyl (C=O) groups is 1. The molecule has 0 saturated heterocycles. The van der Waals surface area contributed by atoms with Crippen LogP contribution in [0.3, 0.4) is 0 Å². The fraction of sp³-hybridized carbons (Fsp3) is 0.500. The molecule has 0 bridgehead atoms. The standard InChI is InChI=1S/C19H31N5.CH2O2/c1-7-22-15-9-8-14(12(2)18(15)21)17(19(3,4)5)16-10-13(11-20)24(6)23-16;2-1-3/h8-10,17,22H,7,11,20-21H2,1-6H3;1H,(H,2,3)/t17-;/m0./s1. The van der Waals surface area contributed by atoms with Crippen molar-refractivity contribution < 1.29 is 9.90 Å². The van der Waals surface area contributed by atoms with Gasteiger partial charge in [-0.2, -0.15) is 5.10 Å². The molecule has 0 radical (unpaired) electrons. The Bertz CT molecular complexity index is 762. The molecule has 0 amide bonds. The van der Waals surface area contributed by atoms with Crippen LogP contribution in [0.5, 0.6) is 0 Å². The van der Waals surface area contributed by atoms with Crippen molar-refractivity contribution in [3.8, 4) is 0 Å². The third kappa shape index (κ3) is 5.23. The summed E-state index contributed by atoms with van der Waals surface area (Å²) >= 11 is 0. The van der Waals surface area contributed by atoms with Crippen LogP contribution in [0.1, 0.15) is 56.1 Å². The van der Waals surface area contributed by atoms with Crippen molar-refractivity contribution in [2.45, 2.75) is 47.1 Å². The van der Waals surface area contributed by atoms with Crippen molar-refractivity contribution in [1.82, 2.24) is 9.78 Å². The topological polar surface area (TPSA) is 119 Å². The van der Waals surface area contributed by atoms with Crippen LogP contribution in [0.15, 0.2) is 18.2 Å². The van der Waals surface area contributed by atoms with Gasteiger partial charge in [0.05, 0.1) is 22.8 Å². The van der Waals surface area contributed by atoms with E-state index in [9.17, 15) is 0 Å². The van der Waals surface area contributed by atoms with Gasteiger partial charge >= 0.3 is 0 Å². The summed E-state index contributed by atoms with van der Waals surface area (Å²) in [6.07, 6.45) is 0. The van der Waals surface area contributed by atoms with Gasteiger partial charge in [-0.1, -0.05) is 26.8 Å². The first kappa shape index (κ1) is 22.5. The van der Waals surface area contributed by atoms with E-state index in [0.717, 1.165) is 34.9 Å². The quantitative estimate of drug-likeness (QED) is 0.471. The number of carboxylic acid groups (broad SMARTS) is 1. The third-order valence-corrected chi connectivity index (χ3v) is 4.60. The first-order valence-corrected chi connectivity index (χ1v) is 9.05. The van der Waals surface area contributed by atoms with Gasteiger partial charge in [-0.25, -0.2) is 0 Å². The molecule has 1 heterocycles. The van der Waals surface area contributed by atoms with Gasteiger partial charge in [0, 0.05) is 26.1 Å². The molecule has 1 aromatic heterocycles. The maximum absolute atomic E-state index is 8.36. The zero-order chi connectivity index (χ0) is 20.8. The Morgan fingerprint density at radius 1 is 1.37 bits per heavy atom. The van der Waals surface area contributed by atoms with Gasteiger partial charge in [0.2, 0.25) is 0 Å². The Morgan fingerprint density at radius 3 is 2.41 bits per heavy atom. The molecule has 0 aliphatic heterocycles. The second-order valence-electron chi connectivity index (χ2n) is 7.56. The minimum Gasteiger partial charge on any atom is -0.483 e. The maximum Gasteiger partial charge on any atom is 0.290 e. The van der Waals surface area contributed by atoms with Gasteiger partial charge < -0.3 is 21.9 Å². The van der Waals surface area contributed by atoms with Crippen molar-refractivity contribution in [3.05, 3.63) is 40.7 Å². The number of hydrogen-bond acceptors (Lipinski definition) is 5. The predicted octanol–water partition coefficient (Wildman–Crippen LogP) is 3.08. The minimum absolute atomic E-state index is 0.0110. The van der Waals surface area contributed by atoms with Gasteiger partial charge in [0.25, 0.3) is 6.47 Å². The van der Waals surface area contributed by atoms with Crippen molar-refractivity contribution in [2.24, 2.45) is 18.2 Å². The Balaban J connectivity index is 0.00000114. The largest absolute Gasteiger partial charge is 0.483 e. The first-order valence-electron chi connectivity index (χ1n) is 9.05. The lowest BCUT2D eigenvalue weighted by molar-refractivity contribution is -0.122. The Morgan fingerprint density at radius 2 is 1.96 bits per heavy atom. The van der Waals surface area contributed by atoms with Gasteiger partial charge in [-0.15, -0.1) is 0 Å². The number of anilines is 2. The predicted molar refractivity (Wildman–Crippen MR) is 111 cm³/mol. The molecule has 0 aliphatic carbocycles. The van der Waals surface area contributed by atoms with E-state index < -0.39 is 0 Å². The van der Waals surface area contributed by atoms with E-state index in [2.05, 4.69) is 58.1 Å². The lowest BCUT2D eigenvalue weighted by Crippen LogP contribution is -2.22. The lowest BCUT2D eigenvalue weighted by atomic mass is 9.73. The number of hydrogen-bond donors (Lipinski definition) is 4. The average Bonchev–Trinajstić information content (AvgIpc) is 2.94. The fourth-order valence-electron chi connectivity index (χ4n) is 3.33. The summed E-state index contributed by atoms with van der Waals surface area (Å²) in [6.45, 7) is 12.0. The number of nitrogens with one attached hydrogen (secondary N) is 1. The molecule has 1 aromatic carbocycles. The molecular weight excluding hydrogens is 342 g/mol. The Hall–Kier alpha value is -2.54. The molecule has 0 spiro atoms. The van der Waals surface area contributed by atoms with Crippen LogP contribution in [0.2, 0.25) is 0 Å². The first-order chi connectivity index (χ1) is 12.6. The normalized spacial score (nSPS) is 12.1. The number of nitrogen functional groups attached to an aromatic ring is 1. The van der Waals surface area contributed by atoms with Gasteiger partial charge in [0.1, 0.15) is 0 Å². The van der Waals surface area contributed by atoms with E-state index in [1.165, 1.54) is 5.56 Å². The highest BCUT2D eigenvalue weighted by atomic mass is 16.3. The van der Waals surface area contributed by atoms with E-state index >= 15 is 0 Å². The number of aromatic nitrogens is 2. The van der Waals surface area contributed by atoms with E-state index in [4.69, 9.17) is 26.5 Å². The summed E-state index contributed by atoms with van der Waals surface area (Å²) in [7, 11) is 1.95. The average molecular weight is 376 g/mol. The van der Waals surface area contributed by atoms with E-state index in [-0.39, 0.29) is 17.8 Å². The van der Waals surface area contributed by atoms with E-state index in [1.807, 2.05) is 11.7 Å². The van der Waals surface area contributed by atoms with E-state index in [0.29, 0.717) is 6.54 Å². The second-order valence-corrected chi connectivity index (χ2v) is 7.56. The minimum atomic E-state index is -0.250. The maximum atomic E-state index is 8.36. The van der Waals surface area contributed by atoms with Crippen LogP contribution in [-0.2, 0) is 18.4 Å². The van der Waals surface area contributed by atoms with Crippen molar-refractivity contribution in [1.29, 1.82) is 0 Å². The number of benzene rings is 1. The van der Waals surface area contributed by atoms with Crippen LogP contribution in [0.25, 0.3) is 0 Å². The van der Waals surface area contributed by atoms with Gasteiger partial charge in [0.15, 0.2) is 0 Å².